The van der Waals surface area contributed by atoms with E-state index in [-0.39, 0.29) is 12.5 Å². The molecule has 7 nitrogen and oxygen atoms in total. The standard InChI is InChI=1S/C20H20N4O3/c25-16-4-1-14(2-5-16)7-9-21-19-8-10-22-20(24-19)23-12-15-3-6-17-18(11-15)27-13-26-17/h1-6,8,10-11,25H,7,9,12-13H2,(H2,21,22,23,24). The summed E-state index contributed by atoms with van der Waals surface area (Å²) < 4.78 is 10.7. The monoisotopic (exact) mass is 364 g/mol. The molecule has 0 fully saturated rings. The molecule has 3 aromatic rings. The highest BCUT2D eigenvalue weighted by molar-refractivity contribution is 5.46. The fraction of sp³-hybridized carbons (Fsp3) is 0.200. The number of fused-ring (bicyclic) bond motifs is 1. The second kappa shape index (κ2) is 7.82. The summed E-state index contributed by atoms with van der Waals surface area (Å²) in [5.41, 5.74) is 2.21. The van der Waals surface area contributed by atoms with Crippen LogP contribution >= 0.6 is 0 Å². The van der Waals surface area contributed by atoms with Gasteiger partial charge in [0.05, 0.1) is 0 Å². The molecule has 1 aliphatic rings. The van der Waals surface area contributed by atoms with Gasteiger partial charge in [0.1, 0.15) is 11.6 Å². The third-order valence-corrected chi connectivity index (χ3v) is 4.20. The number of anilines is 2. The first kappa shape index (κ1) is 17.0. The number of hydrogen-bond acceptors (Lipinski definition) is 7. The fourth-order valence-corrected chi connectivity index (χ4v) is 2.77. The van der Waals surface area contributed by atoms with Crippen molar-refractivity contribution in [3.05, 3.63) is 65.9 Å². The molecule has 1 aliphatic heterocycles. The number of hydrogen-bond donors (Lipinski definition) is 3. The predicted octanol–water partition coefficient (Wildman–Crippen LogP) is 3.18. The minimum absolute atomic E-state index is 0.271. The second-order valence-corrected chi connectivity index (χ2v) is 6.15. The zero-order chi connectivity index (χ0) is 18.5. The third-order valence-electron chi connectivity index (χ3n) is 4.20. The van der Waals surface area contributed by atoms with Crippen LogP contribution in [0, 0.1) is 0 Å². The van der Waals surface area contributed by atoms with Crippen molar-refractivity contribution in [3.8, 4) is 17.2 Å². The van der Waals surface area contributed by atoms with E-state index in [1.165, 1.54) is 0 Å². The van der Waals surface area contributed by atoms with Crippen LogP contribution in [0.15, 0.2) is 54.7 Å². The SMILES string of the molecule is Oc1ccc(CCNc2ccnc(NCc3ccc4c(c3)OCO4)n2)cc1. The Morgan fingerprint density at radius 1 is 0.926 bits per heavy atom. The zero-order valence-corrected chi connectivity index (χ0v) is 14.7. The molecule has 4 rings (SSSR count). The van der Waals surface area contributed by atoms with E-state index in [4.69, 9.17) is 9.47 Å². The number of aromatic nitrogens is 2. The van der Waals surface area contributed by atoms with Crippen LogP contribution < -0.4 is 20.1 Å². The van der Waals surface area contributed by atoms with Crippen LogP contribution in [0.4, 0.5) is 11.8 Å². The smallest absolute Gasteiger partial charge is 0.231 e. The number of nitrogens with zero attached hydrogens (tertiary/aromatic N) is 2. The van der Waals surface area contributed by atoms with Gasteiger partial charge in [0.2, 0.25) is 12.7 Å². The van der Waals surface area contributed by atoms with E-state index in [1.807, 2.05) is 36.4 Å². The Kier molecular flexibility index (Phi) is 4.91. The summed E-state index contributed by atoms with van der Waals surface area (Å²) in [5, 5.41) is 15.8. The number of benzene rings is 2. The minimum Gasteiger partial charge on any atom is -0.508 e. The predicted molar refractivity (Wildman–Crippen MR) is 102 cm³/mol. The molecular weight excluding hydrogens is 344 g/mol. The topological polar surface area (TPSA) is 88.5 Å². The van der Waals surface area contributed by atoms with Gasteiger partial charge in [-0.05, 0) is 47.9 Å². The lowest BCUT2D eigenvalue weighted by Gasteiger charge is -2.09. The lowest BCUT2D eigenvalue weighted by atomic mass is 10.1. The van der Waals surface area contributed by atoms with Crippen LogP contribution in [-0.2, 0) is 13.0 Å². The largest absolute Gasteiger partial charge is 0.508 e. The van der Waals surface area contributed by atoms with Gasteiger partial charge in [-0.15, -0.1) is 0 Å². The maximum absolute atomic E-state index is 9.32. The van der Waals surface area contributed by atoms with Crippen LogP contribution in [-0.4, -0.2) is 28.4 Å². The van der Waals surface area contributed by atoms with E-state index in [0.29, 0.717) is 12.5 Å². The Labute approximate surface area is 157 Å². The van der Waals surface area contributed by atoms with Gasteiger partial charge in [-0.25, -0.2) is 4.98 Å². The molecule has 0 aliphatic carbocycles. The van der Waals surface area contributed by atoms with Gasteiger partial charge < -0.3 is 25.2 Å². The molecule has 0 saturated carbocycles. The molecule has 0 bridgehead atoms. The van der Waals surface area contributed by atoms with E-state index in [2.05, 4.69) is 20.6 Å². The van der Waals surface area contributed by atoms with Gasteiger partial charge in [0, 0.05) is 19.3 Å². The Hall–Kier alpha value is -3.48. The van der Waals surface area contributed by atoms with Crippen molar-refractivity contribution in [2.24, 2.45) is 0 Å². The summed E-state index contributed by atoms with van der Waals surface area (Å²) >= 11 is 0. The number of ether oxygens (including phenoxy) is 2. The molecule has 0 radical (unpaired) electrons. The Morgan fingerprint density at radius 2 is 1.74 bits per heavy atom. The number of phenols is 1. The number of aromatic hydroxyl groups is 1. The highest BCUT2D eigenvalue weighted by Gasteiger charge is 2.13. The van der Waals surface area contributed by atoms with Gasteiger partial charge in [0.15, 0.2) is 11.5 Å². The summed E-state index contributed by atoms with van der Waals surface area (Å²) in [6.45, 7) is 1.60. The van der Waals surface area contributed by atoms with Crippen LogP contribution in [0.5, 0.6) is 17.2 Å². The normalized spacial score (nSPS) is 12.0. The molecular formula is C20H20N4O3. The molecule has 0 atom stereocenters. The highest BCUT2D eigenvalue weighted by Crippen LogP contribution is 2.32. The fourth-order valence-electron chi connectivity index (χ4n) is 2.77. The van der Waals surface area contributed by atoms with Crippen molar-refractivity contribution in [1.82, 2.24) is 9.97 Å². The molecule has 3 N–H and O–H groups in total. The van der Waals surface area contributed by atoms with Gasteiger partial charge >= 0.3 is 0 Å². The average molecular weight is 364 g/mol. The first-order valence-electron chi connectivity index (χ1n) is 8.73. The number of nitrogens with one attached hydrogen (secondary N) is 2. The van der Waals surface area contributed by atoms with E-state index < -0.39 is 0 Å². The first-order chi connectivity index (χ1) is 13.3. The Bertz CT molecular complexity index is 915. The van der Waals surface area contributed by atoms with Crippen LogP contribution in [0.25, 0.3) is 0 Å². The summed E-state index contributed by atoms with van der Waals surface area (Å²) in [6, 6.07) is 14.9. The van der Waals surface area contributed by atoms with Gasteiger partial charge in [-0.3, -0.25) is 0 Å². The highest BCUT2D eigenvalue weighted by atomic mass is 16.7. The summed E-state index contributed by atoms with van der Waals surface area (Å²) in [5.74, 6) is 3.13. The summed E-state index contributed by atoms with van der Waals surface area (Å²) in [4.78, 5) is 8.73. The molecule has 1 aromatic heterocycles. The first-order valence-corrected chi connectivity index (χ1v) is 8.73. The Morgan fingerprint density at radius 3 is 2.63 bits per heavy atom. The number of phenolic OH excluding ortho intramolecular Hbond substituents is 1. The average Bonchev–Trinajstić information content (AvgIpc) is 3.16. The van der Waals surface area contributed by atoms with E-state index in [1.54, 1.807) is 18.3 Å². The minimum atomic E-state index is 0.271. The lowest BCUT2D eigenvalue weighted by Crippen LogP contribution is -2.09. The summed E-state index contributed by atoms with van der Waals surface area (Å²) in [7, 11) is 0. The molecule has 27 heavy (non-hydrogen) atoms. The molecule has 7 heteroatoms. The maximum atomic E-state index is 9.32. The lowest BCUT2D eigenvalue weighted by molar-refractivity contribution is 0.174. The number of rotatable bonds is 7. The Balaban J connectivity index is 1.30. The van der Waals surface area contributed by atoms with Gasteiger partial charge in [-0.1, -0.05) is 18.2 Å². The molecule has 2 heterocycles. The summed E-state index contributed by atoms with van der Waals surface area (Å²) in [6.07, 6.45) is 2.56. The van der Waals surface area contributed by atoms with E-state index in [0.717, 1.165) is 41.4 Å². The molecule has 0 unspecified atom stereocenters. The maximum Gasteiger partial charge on any atom is 0.231 e. The molecule has 138 valence electrons. The van der Waals surface area contributed by atoms with Gasteiger partial charge in [0.25, 0.3) is 0 Å². The molecule has 0 spiro atoms. The van der Waals surface area contributed by atoms with Crippen molar-refractivity contribution in [2.45, 2.75) is 13.0 Å². The van der Waals surface area contributed by atoms with Crippen molar-refractivity contribution >= 4 is 11.8 Å². The van der Waals surface area contributed by atoms with Crippen molar-refractivity contribution in [2.75, 3.05) is 24.0 Å². The van der Waals surface area contributed by atoms with E-state index >= 15 is 0 Å². The second-order valence-electron chi connectivity index (χ2n) is 6.15. The van der Waals surface area contributed by atoms with Gasteiger partial charge in [-0.2, -0.15) is 4.98 Å². The quantitative estimate of drug-likeness (QED) is 0.593. The van der Waals surface area contributed by atoms with Crippen molar-refractivity contribution in [3.63, 3.8) is 0 Å². The van der Waals surface area contributed by atoms with Crippen molar-refractivity contribution in [1.29, 1.82) is 0 Å². The van der Waals surface area contributed by atoms with Crippen LogP contribution in [0.3, 0.4) is 0 Å². The molecule has 0 amide bonds. The van der Waals surface area contributed by atoms with Crippen LogP contribution in [0.2, 0.25) is 0 Å². The molecule has 2 aromatic carbocycles. The molecule has 0 saturated heterocycles. The zero-order valence-electron chi connectivity index (χ0n) is 14.7. The van der Waals surface area contributed by atoms with Crippen molar-refractivity contribution < 1.29 is 14.6 Å². The van der Waals surface area contributed by atoms with E-state index in [9.17, 15) is 5.11 Å². The third kappa shape index (κ3) is 4.38. The van der Waals surface area contributed by atoms with Crippen LogP contribution in [0.1, 0.15) is 11.1 Å².